The quantitative estimate of drug-likeness (QED) is 0.111. The third kappa shape index (κ3) is 11.4. The molecule has 0 heterocycles. The molecule has 0 saturated heterocycles. The van der Waals surface area contributed by atoms with E-state index in [1.165, 1.54) is 30.6 Å². The van der Waals surface area contributed by atoms with Gasteiger partial charge in [0, 0.05) is 0 Å². The van der Waals surface area contributed by atoms with Crippen LogP contribution in [0.15, 0.2) is 121 Å². The van der Waals surface area contributed by atoms with Crippen LogP contribution in [-0.2, 0) is 19.8 Å². The predicted molar refractivity (Wildman–Crippen MR) is 171 cm³/mol. The van der Waals surface area contributed by atoms with E-state index >= 15 is 0 Å². The third-order valence-electron chi connectivity index (χ3n) is 4.57. The average molecular weight is 1060 g/mol. The number of benzene rings is 4. The van der Waals surface area contributed by atoms with Gasteiger partial charge in [-0.25, -0.2) is 0 Å². The molecule has 4 aromatic rings. The van der Waals surface area contributed by atoms with E-state index in [-0.39, 0.29) is 0 Å². The van der Waals surface area contributed by atoms with E-state index < -0.39 is 19.3 Å². The molecule has 36 heavy (non-hydrogen) atoms. The summed E-state index contributed by atoms with van der Waals surface area (Å²) in [5.74, 6) is -0.423. The van der Waals surface area contributed by atoms with Crippen LogP contribution in [0.25, 0.3) is 0 Å². The van der Waals surface area contributed by atoms with E-state index in [9.17, 15) is 0 Å². The standard InChI is InChI=1S/C24H20As.C2H3O.2CO.3HI.Ir/c1-5-13-21(14-6-1)25(22-15-7-2-8-16-22,23-17-9-3-10-18-23)24-19-11-4-12-20-24;1-2-3;2*1-2;;;;/h1-20H;1H3;;;3*1H;/q+1;-1;;;;;;+3/p-3. The van der Waals surface area contributed by atoms with Crippen LogP contribution in [-0.4, -0.2) is 19.8 Å². The van der Waals surface area contributed by atoms with E-state index in [0.717, 1.165) is 0 Å². The van der Waals surface area contributed by atoms with Gasteiger partial charge in [-0.05, 0) is 0 Å². The summed E-state index contributed by atoms with van der Waals surface area (Å²) in [7, 11) is 0. The molecule has 4 aromatic carbocycles. The molecular formula is C28H23AsI3IrO3. The van der Waals surface area contributed by atoms with Crippen molar-refractivity contribution < 1.29 is 19.8 Å². The zero-order chi connectivity index (χ0) is 27.2. The molecule has 3 nitrogen and oxygen atoms in total. The van der Waals surface area contributed by atoms with Gasteiger partial charge in [-0.3, -0.25) is 6.29 Å². The summed E-state index contributed by atoms with van der Waals surface area (Å²) in [6.45, 7) is 10.3. The number of carbonyl (C=O) groups excluding carboxylic acids is 1. The van der Waals surface area contributed by atoms with Gasteiger partial charge in [0.05, 0.1) is 0 Å². The van der Waals surface area contributed by atoms with Crippen molar-refractivity contribution >= 4 is 96.0 Å². The zero-order valence-electron chi connectivity index (χ0n) is 19.2. The Hall–Kier alpha value is -0.572. The number of rotatable bonds is 4. The molecule has 0 atom stereocenters. The van der Waals surface area contributed by atoms with Gasteiger partial charge in [-0.15, -0.1) is 0 Å². The molecule has 8 heteroatoms. The van der Waals surface area contributed by atoms with Crippen LogP contribution in [0.5, 0.6) is 0 Å². The van der Waals surface area contributed by atoms with Crippen LogP contribution in [0.2, 0.25) is 0 Å². The van der Waals surface area contributed by atoms with Crippen LogP contribution in [0.4, 0.5) is 0 Å². The fourth-order valence-corrected chi connectivity index (χ4v) is 12.5. The summed E-state index contributed by atoms with van der Waals surface area (Å²) in [5.41, 5.74) is 0. The van der Waals surface area contributed by atoms with E-state index in [0.29, 0.717) is 0 Å². The first-order chi connectivity index (χ1) is 17.6. The summed E-state index contributed by atoms with van der Waals surface area (Å²) in [6.07, 6.45) is 1.50. The summed E-state index contributed by atoms with van der Waals surface area (Å²) in [5, 5.41) is 0. The van der Waals surface area contributed by atoms with Gasteiger partial charge in [0.15, 0.2) is 0 Å². The number of hydrogen-bond acceptors (Lipinski definition) is 1. The van der Waals surface area contributed by atoms with Crippen molar-refractivity contribution in [3.05, 3.63) is 135 Å². The fourth-order valence-electron chi connectivity index (χ4n) is 3.50. The molecule has 4 rings (SSSR count). The van der Waals surface area contributed by atoms with E-state index in [2.05, 4.69) is 193 Å². The van der Waals surface area contributed by atoms with Crippen molar-refractivity contribution in [1.29, 1.82) is 0 Å². The maximum absolute atomic E-state index is 8.68. The first kappa shape index (κ1) is 35.4. The minimum absolute atomic E-state index is 0.423. The molecule has 0 aliphatic carbocycles. The van der Waals surface area contributed by atoms with Crippen LogP contribution in [0.1, 0.15) is 6.92 Å². The minimum atomic E-state index is -2.77. The van der Waals surface area contributed by atoms with Crippen molar-refractivity contribution in [2.75, 3.05) is 0 Å². The summed E-state index contributed by atoms with van der Waals surface area (Å²) in [4.78, 5) is 8.68. The first-order valence-electron chi connectivity index (χ1n) is 10.0. The van der Waals surface area contributed by atoms with Crippen LogP contribution >= 0.6 is 58.8 Å². The normalized spacial score (nSPS) is 9.50. The van der Waals surface area contributed by atoms with Gasteiger partial charge in [-0.2, -0.15) is 6.92 Å². The van der Waals surface area contributed by atoms with Gasteiger partial charge in [0.2, 0.25) is 0 Å². The van der Waals surface area contributed by atoms with Crippen molar-refractivity contribution in [2.24, 2.45) is 0 Å². The molecule has 0 radical (unpaired) electrons. The Bertz CT molecular complexity index is 956. The molecule has 0 saturated carbocycles. The Morgan fingerprint density at radius 1 is 0.556 bits per heavy atom. The summed E-state index contributed by atoms with van der Waals surface area (Å²) < 4.78 is 20.8. The molecule has 0 spiro atoms. The van der Waals surface area contributed by atoms with Gasteiger partial charge in [0.1, 0.15) is 0 Å². The third-order valence-corrected chi connectivity index (χ3v) is 13.6. The van der Waals surface area contributed by atoms with Crippen molar-refractivity contribution in [3.63, 3.8) is 0 Å². The van der Waals surface area contributed by atoms with Gasteiger partial charge < -0.3 is 4.79 Å². The van der Waals surface area contributed by atoms with E-state index in [1.54, 1.807) is 0 Å². The SMILES string of the molecule is C[C-]=O.[C-]#[O+].[C-]#[O+].[I][Ir]([I])[I].c1ccc([As+](c2ccccc2)(c2ccccc2)c2ccccc2)cc1. The number of hydrogen-bond donors (Lipinski definition) is 0. The van der Waals surface area contributed by atoms with Crippen molar-refractivity contribution in [3.8, 4) is 0 Å². The molecule has 0 aliphatic rings. The van der Waals surface area contributed by atoms with Crippen LogP contribution in [0.3, 0.4) is 0 Å². The number of halogens is 3. The molecule has 0 aliphatic heterocycles. The molecule has 188 valence electrons. The Morgan fingerprint density at radius 2 is 0.694 bits per heavy atom. The molecule has 0 fully saturated rings. The van der Waals surface area contributed by atoms with E-state index in [1.807, 2.05) is 0 Å². The monoisotopic (exact) mass is 1060 g/mol. The second-order valence-corrected chi connectivity index (χ2v) is 66.0. The molecule has 0 N–H and O–H groups in total. The van der Waals surface area contributed by atoms with Gasteiger partial charge >= 0.3 is 239 Å². The predicted octanol–water partition coefficient (Wildman–Crippen LogP) is 5.76. The Kier molecular flexibility index (Phi) is 22.1. The van der Waals surface area contributed by atoms with Gasteiger partial charge in [-0.1, -0.05) is 0 Å². The van der Waals surface area contributed by atoms with Crippen LogP contribution < -0.4 is 17.4 Å². The Labute approximate surface area is 254 Å². The summed E-state index contributed by atoms with van der Waals surface area (Å²) in [6, 6.07) is 44.2. The average Bonchev–Trinajstić information content (AvgIpc) is 2.94. The maximum atomic E-state index is 8.68. The molecule has 0 unspecified atom stereocenters. The van der Waals surface area contributed by atoms with E-state index in [4.69, 9.17) is 14.1 Å². The Morgan fingerprint density at radius 3 is 0.833 bits per heavy atom. The second-order valence-electron chi connectivity index (χ2n) is 6.36. The Balaban J connectivity index is 0.000000966. The topological polar surface area (TPSA) is 56.9 Å². The molecule has 0 bridgehead atoms. The molecule has 0 aromatic heterocycles. The van der Waals surface area contributed by atoms with Crippen LogP contribution in [0, 0.1) is 13.3 Å². The molecule has 0 amide bonds. The van der Waals surface area contributed by atoms with Crippen molar-refractivity contribution in [1.82, 2.24) is 0 Å². The first-order valence-corrected chi connectivity index (χ1v) is 34.2. The second kappa shape index (κ2) is 22.4. The zero-order valence-corrected chi connectivity index (χ0v) is 29.9. The fraction of sp³-hybridized carbons (Fsp3) is 0.0357. The van der Waals surface area contributed by atoms with Gasteiger partial charge in [0.25, 0.3) is 0 Å². The van der Waals surface area contributed by atoms with Crippen molar-refractivity contribution in [2.45, 2.75) is 6.92 Å². The summed E-state index contributed by atoms with van der Waals surface area (Å²) >= 11 is 4.68. The molecular weight excluding hydrogens is 1030 g/mol.